The van der Waals surface area contributed by atoms with Crippen molar-refractivity contribution in [3.8, 4) is 0 Å². The van der Waals surface area contributed by atoms with Gasteiger partial charge in [-0.15, -0.1) is 0 Å². The van der Waals surface area contributed by atoms with Crippen molar-refractivity contribution in [2.75, 3.05) is 18.4 Å². The molecule has 1 aliphatic carbocycles. The second-order valence-electron chi connectivity index (χ2n) is 4.68. The number of nitrogens with one attached hydrogen (secondary N) is 1. The summed E-state index contributed by atoms with van der Waals surface area (Å²) in [5.74, 6) is 0.612. The number of nitrogens with zero attached hydrogens (tertiary/aromatic N) is 3. The van der Waals surface area contributed by atoms with Gasteiger partial charge >= 0.3 is 0 Å². The van der Waals surface area contributed by atoms with Crippen LogP contribution < -0.4 is 5.32 Å². The number of amides is 1. The molecule has 0 bridgehead atoms. The topological polar surface area (TPSA) is 58.1 Å². The van der Waals surface area contributed by atoms with Crippen LogP contribution in [0.3, 0.4) is 0 Å². The lowest BCUT2D eigenvalue weighted by Crippen LogP contribution is -2.28. The smallest absolute Gasteiger partial charge is 0.272 e. The van der Waals surface area contributed by atoms with Gasteiger partial charge in [0.05, 0.1) is 0 Å². The van der Waals surface area contributed by atoms with Crippen LogP contribution >= 0.6 is 0 Å². The molecule has 0 aromatic carbocycles. The molecule has 1 aromatic rings. The molecule has 1 amide bonds. The summed E-state index contributed by atoms with van der Waals surface area (Å²) in [5, 5.41) is 3.21. The molecule has 2 heterocycles. The van der Waals surface area contributed by atoms with Gasteiger partial charge in [-0.3, -0.25) is 4.79 Å². The molecule has 1 aliphatic heterocycles. The zero-order valence-corrected chi connectivity index (χ0v) is 9.72. The number of carbonyl (C=O) groups is 1. The summed E-state index contributed by atoms with van der Waals surface area (Å²) in [6, 6.07) is 2.20. The maximum absolute atomic E-state index is 12.1. The van der Waals surface area contributed by atoms with Gasteiger partial charge in [-0.05, 0) is 31.7 Å². The second kappa shape index (κ2) is 4.31. The van der Waals surface area contributed by atoms with Gasteiger partial charge in [0.1, 0.15) is 5.69 Å². The number of anilines is 1. The third kappa shape index (κ3) is 2.38. The van der Waals surface area contributed by atoms with E-state index >= 15 is 0 Å². The predicted molar refractivity (Wildman–Crippen MR) is 63.8 cm³/mol. The SMILES string of the molecule is O=C(c1ccnc(NC2CC2)n1)N1CCCC1. The van der Waals surface area contributed by atoms with E-state index < -0.39 is 0 Å². The third-order valence-electron chi connectivity index (χ3n) is 3.18. The lowest BCUT2D eigenvalue weighted by Gasteiger charge is -2.14. The Morgan fingerprint density at radius 2 is 2.12 bits per heavy atom. The summed E-state index contributed by atoms with van der Waals surface area (Å²) >= 11 is 0. The minimum Gasteiger partial charge on any atom is -0.351 e. The quantitative estimate of drug-likeness (QED) is 0.853. The van der Waals surface area contributed by atoms with E-state index in [1.807, 2.05) is 4.90 Å². The van der Waals surface area contributed by atoms with Gasteiger partial charge < -0.3 is 10.2 Å². The molecule has 17 heavy (non-hydrogen) atoms. The lowest BCUT2D eigenvalue weighted by molar-refractivity contribution is 0.0787. The lowest BCUT2D eigenvalue weighted by atomic mass is 10.3. The highest BCUT2D eigenvalue weighted by molar-refractivity contribution is 5.92. The highest BCUT2D eigenvalue weighted by atomic mass is 16.2. The fourth-order valence-corrected chi connectivity index (χ4v) is 2.04. The first-order valence-electron chi connectivity index (χ1n) is 6.22. The fraction of sp³-hybridized carbons (Fsp3) is 0.583. The molecular formula is C12H16N4O. The Labute approximate surface area is 100 Å². The minimum atomic E-state index is 0.0312. The summed E-state index contributed by atoms with van der Waals surface area (Å²) in [6.45, 7) is 1.71. The molecule has 0 unspecified atom stereocenters. The number of rotatable bonds is 3. The normalized spacial score (nSPS) is 19.4. The summed E-state index contributed by atoms with van der Waals surface area (Å²) in [7, 11) is 0. The van der Waals surface area contributed by atoms with Crippen molar-refractivity contribution < 1.29 is 4.79 Å². The maximum Gasteiger partial charge on any atom is 0.272 e. The molecule has 1 saturated carbocycles. The maximum atomic E-state index is 12.1. The molecule has 1 aromatic heterocycles. The first-order chi connectivity index (χ1) is 8.33. The van der Waals surface area contributed by atoms with Crippen LogP contribution in [0.4, 0.5) is 5.95 Å². The fourth-order valence-electron chi connectivity index (χ4n) is 2.04. The van der Waals surface area contributed by atoms with Crippen LogP contribution in [0.2, 0.25) is 0 Å². The van der Waals surface area contributed by atoms with Gasteiger partial charge in [0, 0.05) is 25.3 Å². The molecule has 5 nitrogen and oxygen atoms in total. The Morgan fingerprint density at radius 3 is 2.82 bits per heavy atom. The molecule has 2 fully saturated rings. The Hall–Kier alpha value is -1.65. The van der Waals surface area contributed by atoms with Gasteiger partial charge in [-0.25, -0.2) is 9.97 Å². The van der Waals surface area contributed by atoms with Crippen molar-refractivity contribution in [2.24, 2.45) is 0 Å². The summed E-state index contributed by atoms with van der Waals surface area (Å²) in [6.07, 6.45) is 6.20. The van der Waals surface area contributed by atoms with Gasteiger partial charge in [-0.2, -0.15) is 0 Å². The molecule has 1 saturated heterocycles. The van der Waals surface area contributed by atoms with E-state index in [1.54, 1.807) is 12.3 Å². The number of likely N-dealkylation sites (tertiary alicyclic amines) is 1. The standard InChI is InChI=1S/C12H16N4O/c17-11(16-7-1-2-8-16)10-5-6-13-12(15-10)14-9-3-4-9/h5-6,9H,1-4,7-8H2,(H,13,14,15). The number of hydrogen-bond donors (Lipinski definition) is 1. The average molecular weight is 232 g/mol. The van der Waals surface area contributed by atoms with Crippen LogP contribution in [0.5, 0.6) is 0 Å². The van der Waals surface area contributed by atoms with Crippen LogP contribution in [-0.4, -0.2) is 39.9 Å². The summed E-state index contributed by atoms with van der Waals surface area (Å²) in [5.41, 5.74) is 0.505. The highest BCUT2D eigenvalue weighted by Gasteiger charge is 2.24. The molecule has 5 heteroatoms. The van der Waals surface area contributed by atoms with Crippen LogP contribution in [0, 0.1) is 0 Å². The van der Waals surface area contributed by atoms with Gasteiger partial charge in [-0.1, -0.05) is 0 Å². The molecule has 0 spiro atoms. The van der Waals surface area contributed by atoms with Crippen molar-refractivity contribution in [3.05, 3.63) is 18.0 Å². The first-order valence-corrected chi connectivity index (χ1v) is 6.22. The molecule has 2 aliphatic rings. The van der Waals surface area contributed by atoms with E-state index in [1.165, 1.54) is 12.8 Å². The van der Waals surface area contributed by atoms with Crippen molar-refractivity contribution >= 4 is 11.9 Å². The van der Waals surface area contributed by atoms with E-state index in [2.05, 4.69) is 15.3 Å². The number of aromatic nitrogens is 2. The number of hydrogen-bond acceptors (Lipinski definition) is 4. The number of carbonyl (C=O) groups excluding carboxylic acids is 1. The van der Waals surface area contributed by atoms with Crippen molar-refractivity contribution in [1.29, 1.82) is 0 Å². The summed E-state index contributed by atoms with van der Waals surface area (Å²) in [4.78, 5) is 22.4. The molecule has 0 atom stereocenters. The van der Waals surface area contributed by atoms with E-state index in [0.29, 0.717) is 17.7 Å². The molecule has 90 valence electrons. The van der Waals surface area contributed by atoms with Crippen LogP contribution in [0.25, 0.3) is 0 Å². The Bertz CT molecular complexity index is 424. The van der Waals surface area contributed by atoms with Crippen molar-refractivity contribution in [2.45, 2.75) is 31.7 Å². The van der Waals surface area contributed by atoms with E-state index in [4.69, 9.17) is 0 Å². The van der Waals surface area contributed by atoms with E-state index in [0.717, 1.165) is 25.9 Å². The summed E-state index contributed by atoms with van der Waals surface area (Å²) < 4.78 is 0. The van der Waals surface area contributed by atoms with Crippen LogP contribution in [0.1, 0.15) is 36.2 Å². The highest BCUT2D eigenvalue weighted by Crippen LogP contribution is 2.22. The second-order valence-corrected chi connectivity index (χ2v) is 4.68. The molecular weight excluding hydrogens is 216 g/mol. The monoisotopic (exact) mass is 232 g/mol. The largest absolute Gasteiger partial charge is 0.351 e. The van der Waals surface area contributed by atoms with Crippen molar-refractivity contribution in [3.63, 3.8) is 0 Å². The van der Waals surface area contributed by atoms with Crippen LogP contribution in [-0.2, 0) is 0 Å². The van der Waals surface area contributed by atoms with Gasteiger partial charge in [0.25, 0.3) is 5.91 Å². The van der Waals surface area contributed by atoms with Gasteiger partial charge in [0.2, 0.25) is 5.95 Å². The predicted octanol–water partition coefficient (Wildman–Crippen LogP) is 1.29. The zero-order valence-electron chi connectivity index (χ0n) is 9.72. The van der Waals surface area contributed by atoms with Crippen LogP contribution in [0.15, 0.2) is 12.3 Å². The Kier molecular flexibility index (Phi) is 2.66. The average Bonchev–Trinajstić information content (AvgIpc) is 2.99. The molecule has 1 N–H and O–H groups in total. The Morgan fingerprint density at radius 1 is 1.35 bits per heavy atom. The first kappa shape index (κ1) is 10.5. The van der Waals surface area contributed by atoms with Crippen molar-refractivity contribution in [1.82, 2.24) is 14.9 Å². The zero-order chi connectivity index (χ0) is 11.7. The molecule has 0 radical (unpaired) electrons. The van der Waals surface area contributed by atoms with E-state index in [-0.39, 0.29) is 5.91 Å². The van der Waals surface area contributed by atoms with E-state index in [9.17, 15) is 4.79 Å². The van der Waals surface area contributed by atoms with Gasteiger partial charge in [0.15, 0.2) is 0 Å². The molecule has 3 rings (SSSR count). The third-order valence-corrected chi connectivity index (χ3v) is 3.18. The minimum absolute atomic E-state index is 0.0312. The Balaban J connectivity index is 1.74.